The maximum atomic E-state index is 5.82. The molecule has 0 fully saturated rings. The van der Waals surface area contributed by atoms with Gasteiger partial charge in [-0.1, -0.05) is 25.1 Å². The molecular formula is C14H19N3O. The summed E-state index contributed by atoms with van der Waals surface area (Å²) in [5.74, 6) is 0.957. The molecule has 96 valence electrons. The van der Waals surface area contributed by atoms with Crippen molar-refractivity contribution in [3.05, 3.63) is 48.5 Å². The Labute approximate surface area is 108 Å². The zero-order valence-electron chi connectivity index (χ0n) is 10.7. The molecule has 0 unspecified atom stereocenters. The third-order valence-electron chi connectivity index (χ3n) is 2.70. The van der Waals surface area contributed by atoms with E-state index in [-0.39, 0.29) is 0 Å². The largest absolute Gasteiger partial charge is 0.491 e. The van der Waals surface area contributed by atoms with Crippen LogP contribution in [0.3, 0.4) is 0 Å². The van der Waals surface area contributed by atoms with E-state index in [1.807, 2.05) is 29.0 Å². The minimum absolute atomic E-state index is 0.652. The second-order valence-corrected chi connectivity index (χ2v) is 4.04. The zero-order chi connectivity index (χ0) is 12.6. The standard InChI is InChI=1S/C14H19N3O/c1-2-15-11-13-5-3-4-6-14(13)18-10-9-17-8-7-16-12-17/h3-8,12,15H,2,9-11H2,1H3. The molecule has 0 saturated heterocycles. The molecule has 0 aliphatic rings. The van der Waals surface area contributed by atoms with Crippen LogP contribution < -0.4 is 10.1 Å². The van der Waals surface area contributed by atoms with Gasteiger partial charge in [-0.25, -0.2) is 4.98 Å². The van der Waals surface area contributed by atoms with Gasteiger partial charge in [0.25, 0.3) is 0 Å². The highest BCUT2D eigenvalue weighted by atomic mass is 16.5. The minimum Gasteiger partial charge on any atom is -0.491 e. The zero-order valence-corrected chi connectivity index (χ0v) is 10.7. The van der Waals surface area contributed by atoms with Gasteiger partial charge in [0.2, 0.25) is 0 Å². The molecule has 1 heterocycles. The van der Waals surface area contributed by atoms with Crippen molar-refractivity contribution in [2.75, 3.05) is 13.2 Å². The van der Waals surface area contributed by atoms with Crippen LogP contribution >= 0.6 is 0 Å². The van der Waals surface area contributed by atoms with Crippen LogP contribution in [0.5, 0.6) is 5.75 Å². The minimum atomic E-state index is 0.652. The van der Waals surface area contributed by atoms with E-state index < -0.39 is 0 Å². The van der Waals surface area contributed by atoms with Crippen LogP contribution in [-0.4, -0.2) is 22.7 Å². The Kier molecular flexibility index (Phi) is 4.78. The fourth-order valence-corrected chi connectivity index (χ4v) is 1.73. The van der Waals surface area contributed by atoms with Gasteiger partial charge in [0.1, 0.15) is 12.4 Å². The lowest BCUT2D eigenvalue weighted by atomic mass is 10.2. The van der Waals surface area contributed by atoms with Gasteiger partial charge in [0.05, 0.1) is 12.9 Å². The Morgan fingerprint density at radius 1 is 1.33 bits per heavy atom. The molecule has 4 nitrogen and oxygen atoms in total. The Morgan fingerprint density at radius 2 is 2.22 bits per heavy atom. The number of rotatable bonds is 7. The Bertz CT molecular complexity index is 454. The van der Waals surface area contributed by atoms with Gasteiger partial charge in [-0.15, -0.1) is 0 Å². The SMILES string of the molecule is CCNCc1ccccc1OCCn1ccnc1. The van der Waals surface area contributed by atoms with Crippen LogP contribution in [-0.2, 0) is 13.1 Å². The molecule has 1 N–H and O–H groups in total. The van der Waals surface area contributed by atoms with E-state index in [4.69, 9.17) is 4.74 Å². The second-order valence-electron chi connectivity index (χ2n) is 4.04. The molecule has 0 aliphatic heterocycles. The van der Waals surface area contributed by atoms with Crippen molar-refractivity contribution in [3.63, 3.8) is 0 Å². The van der Waals surface area contributed by atoms with Crippen molar-refractivity contribution < 1.29 is 4.74 Å². The number of hydrogen-bond acceptors (Lipinski definition) is 3. The predicted molar refractivity (Wildman–Crippen MR) is 71.5 cm³/mol. The van der Waals surface area contributed by atoms with E-state index in [1.165, 1.54) is 5.56 Å². The van der Waals surface area contributed by atoms with Crippen LogP contribution in [0.1, 0.15) is 12.5 Å². The lowest BCUT2D eigenvalue weighted by Gasteiger charge is -2.11. The van der Waals surface area contributed by atoms with E-state index in [9.17, 15) is 0 Å². The highest BCUT2D eigenvalue weighted by molar-refractivity contribution is 5.33. The molecule has 1 aromatic carbocycles. The van der Waals surface area contributed by atoms with Crippen molar-refractivity contribution in [1.82, 2.24) is 14.9 Å². The summed E-state index contributed by atoms with van der Waals surface area (Å²) in [6, 6.07) is 8.15. The molecule has 4 heteroatoms. The normalized spacial score (nSPS) is 10.5. The average molecular weight is 245 g/mol. The van der Waals surface area contributed by atoms with E-state index in [0.717, 1.165) is 25.4 Å². The van der Waals surface area contributed by atoms with Gasteiger partial charge in [0, 0.05) is 24.5 Å². The van der Waals surface area contributed by atoms with E-state index >= 15 is 0 Å². The van der Waals surface area contributed by atoms with Gasteiger partial charge in [-0.2, -0.15) is 0 Å². The first-order chi connectivity index (χ1) is 8.90. The summed E-state index contributed by atoms with van der Waals surface area (Å²) < 4.78 is 7.83. The first-order valence-electron chi connectivity index (χ1n) is 6.27. The first-order valence-corrected chi connectivity index (χ1v) is 6.27. The van der Waals surface area contributed by atoms with E-state index in [2.05, 4.69) is 23.3 Å². The molecule has 2 rings (SSSR count). The molecule has 0 amide bonds. The van der Waals surface area contributed by atoms with Gasteiger partial charge in [-0.05, 0) is 12.6 Å². The number of benzene rings is 1. The molecule has 0 aliphatic carbocycles. The number of hydrogen-bond donors (Lipinski definition) is 1. The Balaban J connectivity index is 1.87. The predicted octanol–water partition coefficient (Wildman–Crippen LogP) is 2.07. The molecule has 0 radical (unpaired) electrons. The maximum Gasteiger partial charge on any atom is 0.123 e. The van der Waals surface area contributed by atoms with Crippen LogP contribution in [0.2, 0.25) is 0 Å². The summed E-state index contributed by atoms with van der Waals surface area (Å²) in [5, 5.41) is 3.31. The van der Waals surface area contributed by atoms with Crippen LogP contribution in [0.25, 0.3) is 0 Å². The van der Waals surface area contributed by atoms with Crippen molar-refractivity contribution in [1.29, 1.82) is 0 Å². The van der Waals surface area contributed by atoms with Crippen LogP contribution in [0.15, 0.2) is 43.0 Å². The summed E-state index contributed by atoms with van der Waals surface area (Å²) in [6.45, 7) is 5.37. The van der Waals surface area contributed by atoms with Crippen LogP contribution in [0, 0.1) is 0 Å². The number of nitrogens with zero attached hydrogens (tertiary/aromatic N) is 2. The summed E-state index contributed by atoms with van der Waals surface area (Å²) in [5.41, 5.74) is 1.20. The number of ether oxygens (including phenoxy) is 1. The molecule has 1 aromatic heterocycles. The summed E-state index contributed by atoms with van der Waals surface area (Å²) >= 11 is 0. The molecule has 0 spiro atoms. The highest BCUT2D eigenvalue weighted by Crippen LogP contribution is 2.17. The van der Waals surface area contributed by atoms with Crippen molar-refractivity contribution >= 4 is 0 Å². The van der Waals surface area contributed by atoms with E-state index in [0.29, 0.717) is 6.61 Å². The summed E-state index contributed by atoms with van der Waals surface area (Å²) in [6.07, 6.45) is 5.51. The Morgan fingerprint density at radius 3 is 3.00 bits per heavy atom. The monoisotopic (exact) mass is 245 g/mol. The van der Waals surface area contributed by atoms with Gasteiger partial charge in [0.15, 0.2) is 0 Å². The lowest BCUT2D eigenvalue weighted by Crippen LogP contribution is -2.14. The third-order valence-corrected chi connectivity index (χ3v) is 2.70. The van der Waals surface area contributed by atoms with Crippen LogP contribution in [0.4, 0.5) is 0 Å². The van der Waals surface area contributed by atoms with Crippen molar-refractivity contribution in [2.24, 2.45) is 0 Å². The van der Waals surface area contributed by atoms with Gasteiger partial charge >= 0.3 is 0 Å². The Hall–Kier alpha value is -1.81. The smallest absolute Gasteiger partial charge is 0.123 e. The lowest BCUT2D eigenvalue weighted by molar-refractivity contribution is 0.295. The third kappa shape index (κ3) is 3.60. The van der Waals surface area contributed by atoms with Gasteiger partial charge in [-0.3, -0.25) is 0 Å². The number of imidazole rings is 1. The fraction of sp³-hybridized carbons (Fsp3) is 0.357. The fourth-order valence-electron chi connectivity index (χ4n) is 1.73. The molecule has 2 aromatic rings. The quantitative estimate of drug-likeness (QED) is 0.811. The van der Waals surface area contributed by atoms with Crippen molar-refractivity contribution in [2.45, 2.75) is 20.0 Å². The molecule has 18 heavy (non-hydrogen) atoms. The molecule has 0 saturated carbocycles. The average Bonchev–Trinajstić information content (AvgIpc) is 2.91. The highest BCUT2D eigenvalue weighted by Gasteiger charge is 2.01. The molecular weight excluding hydrogens is 226 g/mol. The number of aromatic nitrogens is 2. The maximum absolute atomic E-state index is 5.82. The molecule has 0 bridgehead atoms. The second kappa shape index (κ2) is 6.81. The van der Waals surface area contributed by atoms with Gasteiger partial charge < -0.3 is 14.6 Å². The topological polar surface area (TPSA) is 39.1 Å². The first kappa shape index (κ1) is 12.6. The van der Waals surface area contributed by atoms with Crippen molar-refractivity contribution in [3.8, 4) is 5.75 Å². The molecule has 0 atom stereocenters. The summed E-state index contributed by atoms with van der Waals surface area (Å²) in [4.78, 5) is 4.00. The summed E-state index contributed by atoms with van der Waals surface area (Å²) in [7, 11) is 0. The van der Waals surface area contributed by atoms with E-state index in [1.54, 1.807) is 12.5 Å². The number of para-hydroxylation sites is 1. The number of nitrogens with one attached hydrogen (secondary N) is 1.